The first kappa shape index (κ1) is 29.2. The highest BCUT2D eigenvalue weighted by Gasteiger charge is 2.17. The molecular formula is C44H34N6. The van der Waals surface area contributed by atoms with Crippen molar-refractivity contribution < 1.29 is 0 Å². The first-order chi connectivity index (χ1) is 24.8. The summed E-state index contributed by atoms with van der Waals surface area (Å²) >= 11 is 0. The summed E-state index contributed by atoms with van der Waals surface area (Å²) in [6, 6.07) is 58.9. The lowest BCUT2D eigenvalue weighted by atomic mass is 10.0. The van der Waals surface area contributed by atoms with E-state index in [-0.39, 0.29) is 0 Å². The van der Waals surface area contributed by atoms with Crippen molar-refractivity contribution in [3.8, 4) is 0 Å². The Morgan fingerprint density at radius 2 is 0.620 bits per heavy atom. The fourth-order valence-electron chi connectivity index (χ4n) is 6.76. The Bertz CT molecular complexity index is 2490. The number of aromatic amines is 4. The summed E-state index contributed by atoms with van der Waals surface area (Å²) < 4.78 is 0. The molecule has 0 spiro atoms. The van der Waals surface area contributed by atoms with Crippen molar-refractivity contribution >= 4 is 33.9 Å². The van der Waals surface area contributed by atoms with Crippen LogP contribution in [0, 0.1) is 0 Å². The van der Waals surface area contributed by atoms with Crippen molar-refractivity contribution in [3.05, 3.63) is 225 Å². The summed E-state index contributed by atoms with van der Waals surface area (Å²) in [5.74, 6) is 0. The first-order valence-corrected chi connectivity index (χ1v) is 16.8. The molecule has 8 aromatic rings. The minimum atomic E-state index is 0.947. The van der Waals surface area contributed by atoms with Crippen molar-refractivity contribution in [2.75, 3.05) is 10.6 Å². The molecule has 240 valence electrons. The Labute approximate surface area is 288 Å². The summed E-state index contributed by atoms with van der Waals surface area (Å²) in [5, 5.41) is 11.4. The largest absolute Gasteiger partial charge is 0.353 e. The predicted octanol–water partition coefficient (Wildman–Crippen LogP) is 6.34. The molecule has 50 heavy (non-hydrogen) atoms. The van der Waals surface area contributed by atoms with Crippen molar-refractivity contribution in [1.82, 2.24) is 19.9 Å². The van der Waals surface area contributed by atoms with Crippen LogP contribution in [0.3, 0.4) is 0 Å². The smallest absolute Gasteiger partial charge is 0.0862 e. The summed E-state index contributed by atoms with van der Waals surface area (Å²) in [5.41, 5.74) is 12.2. The van der Waals surface area contributed by atoms with Gasteiger partial charge in [-0.05, 0) is 83.9 Å². The van der Waals surface area contributed by atoms with E-state index in [1.807, 2.05) is 36.4 Å². The number of nitrogens with one attached hydrogen (secondary N) is 6. The number of fused-ring (bicyclic) bond motifs is 8. The lowest BCUT2D eigenvalue weighted by Crippen LogP contribution is -2.21. The lowest BCUT2D eigenvalue weighted by Gasteiger charge is -2.11. The Kier molecular flexibility index (Phi) is 7.37. The number of anilines is 2. The maximum atomic E-state index is 3.79. The summed E-state index contributed by atoms with van der Waals surface area (Å²) in [7, 11) is 0. The Balaban J connectivity index is 1.38. The molecule has 0 radical (unpaired) electrons. The van der Waals surface area contributed by atoms with Crippen molar-refractivity contribution in [3.63, 3.8) is 0 Å². The van der Waals surface area contributed by atoms with Gasteiger partial charge in [0.1, 0.15) is 0 Å². The molecule has 4 aromatic carbocycles. The van der Waals surface area contributed by atoms with Crippen LogP contribution in [0.4, 0.5) is 11.4 Å². The Hall–Kier alpha value is -6.92. The summed E-state index contributed by atoms with van der Waals surface area (Å²) in [6.07, 6.45) is 0. The SMILES string of the molecule is c1ccc(NC2=c3ccc([nH]3)=C(c3ccccc3)c3ccc([nH]3)C(Nc3ccccc3)=c3ccc([nH]3)=C(c3ccccc3)c3ccc2[nH]3)cc1. The lowest BCUT2D eigenvalue weighted by molar-refractivity contribution is 1.18. The van der Waals surface area contributed by atoms with Crippen LogP contribution in [0.25, 0.3) is 22.5 Å². The third-order valence-electron chi connectivity index (χ3n) is 9.11. The highest BCUT2D eigenvalue weighted by atomic mass is 15.0. The molecule has 0 amide bonds. The van der Waals surface area contributed by atoms with Crippen LogP contribution in [0.5, 0.6) is 0 Å². The van der Waals surface area contributed by atoms with Crippen molar-refractivity contribution in [1.29, 1.82) is 0 Å². The van der Waals surface area contributed by atoms with E-state index in [9.17, 15) is 0 Å². The van der Waals surface area contributed by atoms with Crippen molar-refractivity contribution in [2.45, 2.75) is 0 Å². The number of benzene rings is 4. The van der Waals surface area contributed by atoms with Crippen LogP contribution in [0.15, 0.2) is 170 Å². The fraction of sp³-hybridized carbons (Fsp3) is 0. The molecule has 0 aliphatic carbocycles. The monoisotopic (exact) mass is 646 g/mol. The van der Waals surface area contributed by atoms with Gasteiger partial charge in [0.05, 0.1) is 33.5 Å². The standard InChI is InChI=1S/C44H34N6/c1-5-13-29(14-6-1)41-33-21-25-37(47-33)43(45-31-17-9-3-10-18-31)39-27-23-35(49-39)42(30-15-7-2-8-16-30)36-24-28-40(50-36)44(38-26-22-34(41)48-38)46-32-19-11-4-12-20-32/h1-28,45-50H. The first-order valence-electron chi connectivity index (χ1n) is 16.8. The van der Waals surface area contributed by atoms with E-state index in [2.05, 4.69) is 164 Å². The normalized spacial score (nSPS) is 12.6. The molecule has 6 N–H and O–H groups in total. The van der Waals surface area contributed by atoms with Crippen LogP contribution in [-0.4, -0.2) is 19.9 Å². The highest BCUT2D eigenvalue weighted by Crippen LogP contribution is 2.25. The van der Waals surface area contributed by atoms with E-state index in [1.54, 1.807) is 0 Å². The van der Waals surface area contributed by atoms with Crippen LogP contribution < -0.4 is 32.0 Å². The average Bonchev–Trinajstić information content (AvgIpc) is 4.01. The van der Waals surface area contributed by atoms with E-state index in [4.69, 9.17) is 0 Å². The maximum absolute atomic E-state index is 3.79. The minimum Gasteiger partial charge on any atom is -0.353 e. The highest BCUT2D eigenvalue weighted by molar-refractivity contribution is 5.83. The van der Waals surface area contributed by atoms with Crippen LogP contribution in [0.2, 0.25) is 0 Å². The minimum absolute atomic E-state index is 0.947. The van der Waals surface area contributed by atoms with Gasteiger partial charge in [-0.15, -0.1) is 0 Å². The molecule has 9 rings (SSSR count). The van der Waals surface area contributed by atoms with Gasteiger partial charge in [-0.25, -0.2) is 0 Å². The van der Waals surface area contributed by atoms with Gasteiger partial charge in [0, 0.05) is 44.6 Å². The average molecular weight is 647 g/mol. The van der Waals surface area contributed by atoms with Crippen LogP contribution in [-0.2, 0) is 0 Å². The molecule has 0 saturated carbocycles. The quantitative estimate of drug-likeness (QED) is 0.127. The van der Waals surface area contributed by atoms with E-state index in [0.717, 1.165) is 89.2 Å². The Morgan fingerprint density at radius 1 is 0.280 bits per heavy atom. The number of aromatic nitrogens is 4. The van der Waals surface area contributed by atoms with Gasteiger partial charge < -0.3 is 30.6 Å². The van der Waals surface area contributed by atoms with E-state index in [1.165, 1.54) is 0 Å². The molecule has 0 fully saturated rings. The fourth-order valence-corrected chi connectivity index (χ4v) is 6.76. The molecule has 1 aliphatic rings. The Morgan fingerprint density at radius 3 is 1.02 bits per heavy atom. The number of hydrogen-bond donors (Lipinski definition) is 6. The number of hydrogen-bond acceptors (Lipinski definition) is 2. The third kappa shape index (κ3) is 5.55. The molecule has 1 aliphatic heterocycles. The maximum Gasteiger partial charge on any atom is 0.0862 e. The predicted molar refractivity (Wildman–Crippen MR) is 203 cm³/mol. The van der Waals surface area contributed by atoms with E-state index >= 15 is 0 Å². The van der Waals surface area contributed by atoms with Gasteiger partial charge in [0.25, 0.3) is 0 Å². The zero-order valence-electron chi connectivity index (χ0n) is 27.2. The van der Waals surface area contributed by atoms with Crippen LogP contribution in [0.1, 0.15) is 33.9 Å². The van der Waals surface area contributed by atoms with Gasteiger partial charge in [-0.3, -0.25) is 0 Å². The summed E-state index contributed by atoms with van der Waals surface area (Å²) in [4.78, 5) is 15.2. The second kappa shape index (κ2) is 12.6. The second-order valence-electron chi connectivity index (χ2n) is 12.4. The second-order valence-corrected chi connectivity index (χ2v) is 12.4. The zero-order chi connectivity index (χ0) is 33.3. The molecular weight excluding hydrogens is 613 g/mol. The van der Waals surface area contributed by atoms with E-state index in [0.29, 0.717) is 0 Å². The molecule has 4 aromatic heterocycles. The molecule has 0 atom stereocenters. The molecule has 0 unspecified atom stereocenters. The van der Waals surface area contributed by atoms with Gasteiger partial charge in [-0.1, -0.05) is 97.1 Å². The number of rotatable bonds is 6. The van der Waals surface area contributed by atoms with E-state index < -0.39 is 0 Å². The number of H-pyrrole nitrogens is 4. The van der Waals surface area contributed by atoms with Crippen molar-refractivity contribution in [2.24, 2.45) is 0 Å². The number of para-hydroxylation sites is 2. The molecule has 6 nitrogen and oxygen atoms in total. The van der Waals surface area contributed by atoms with Gasteiger partial charge in [0.15, 0.2) is 0 Å². The molecule has 5 heterocycles. The third-order valence-corrected chi connectivity index (χ3v) is 9.11. The topological polar surface area (TPSA) is 87.2 Å². The van der Waals surface area contributed by atoms with Crippen LogP contribution >= 0.6 is 0 Å². The molecule has 6 heteroatoms. The zero-order valence-corrected chi connectivity index (χ0v) is 27.2. The van der Waals surface area contributed by atoms with Gasteiger partial charge in [-0.2, -0.15) is 0 Å². The molecule has 8 bridgehead atoms. The van der Waals surface area contributed by atoms with Gasteiger partial charge >= 0.3 is 0 Å². The molecule has 0 saturated heterocycles. The summed E-state index contributed by atoms with van der Waals surface area (Å²) in [6.45, 7) is 0. The van der Waals surface area contributed by atoms with Gasteiger partial charge in [0.2, 0.25) is 0 Å².